The Labute approximate surface area is 135 Å². The van der Waals surface area contributed by atoms with E-state index in [9.17, 15) is 9.59 Å². The predicted molar refractivity (Wildman–Crippen MR) is 88.4 cm³/mol. The van der Waals surface area contributed by atoms with E-state index in [1.807, 2.05) is 31.2 Å². The molecule has 1 atom stereocenters. The number of carbonyl (C=O) groups is 1. The van der Waals surface area contributed by atoms with Crippen LogP contribution in [0.2, 0.25) is 0 Å². The smallest absolute Gasteiger partial charge is 0.329 e. The summed E-state index contributed by atoms with van der Waals surface area (Å²) in [6.45, 7) is 4.84. The van der Waals surface area contributed by atoms with E-state index >= 15 is 0 Å². The minimum Gasteiger partial charge on any atom is -0.381 e. The van der Waals surface area contributed by atoms with Gasteiger partial charge in [0.1, 0.15) is 6.54 Å². The topological polar surface area (TPSA) is 65.3 Å². The summed E-state index contributed by atoms with van der Waals surface area (Å²) in [4.78, 5) is 24.8. The highest BCUT2D eigenvalue weighted by atomic mass is 16.5. The Morgan fingerprint density at radius 2 is 2.04 bits per heavy atom. The first kappa shape index (κ1) is 15.8. The van der Waals surface area contributed by atoms with Crippen LogP contribution in [0.1, 0.15) is 19.8 Å². The first-order valence-electron chi connectivity index (χ1n) is 8.23. The molecular formula is C17H23N3O3. The first-order valence-corrected chi connectivity index (χ1v) is 8.23. The molecule has 1 aromatic heterocycles. The molecule has 1 N–H and O–H groups in total. The second-order valence-corrected chi connectivity index (χ2v) is 6.04. The van der Waals surface area contributed by atoms with Gasteiger partial charge in [-0.25, -0.2) is 4.79 Å². The zero-order valence-corrected chi connectivity index (χ0v) is 13.5. The molecule has 2 heterocycles. The van der Waals surface area contributed by atoms with Crippen LogP contribution in [0, 0.1) is 5.92 Å². The number of aryl methyl sites for hydroxylation is 1. The number of hydrogen-bond acceptors (Lipinski definition) is 3. The molecule has 0 spiro atoms. The van der Waals surface area contributed by atoms with E-state index in [2.05, 4.69) is 5.32 Å². The number of para-hydroxylation sites is 2. The number of benzene rings is 1. The first-order chi connectivity index (χ1) is 11.2. The number of hydrogen-bond donors (Lipinski definition) is 1. The average Bonchev–Trinajstić information content (AvgIpc) is 3.16. The fraction of sp³-hybridized carbons (Fsp3) is 0.529. The van der Waals surface area contributed by atoms with Crippen LogP contribution in [0.4, 0.5) is 0 Å². The van der Waals surface area contributed by atoms with Crippen molar-refractivity contribution in [2.45, 2.75) is 32.9 Å². The lowest BCUT2D eigenvalue weighted by Gasteiger charge is -2.09. The number of amides is 1. The number of carbonyl (C=O) groups excluding carboxylic acids is 1. The second-order valence-electron chi connectivity index (χ2n) is 6.04. The maximum absolute atomic E-state index is 12.6. The molecule has 124 valence electrons. The number of aromatic nitrogens is 2. The molecule has 6 nitrogen and oxygen atoms in total. The quantitative estimate of drug-likeness (QED) is 0.875. The summed E-state index contributed by atoms with van der Waals surface area (Å²) in [6, 6.07) is 7.62. The zero-order valence-electron chi connectivity index (χ0n) is 13.5. The largest absolute Gasteiger partial charge is 0.381 e. The van der Waals surface area contributed by atoms with E-state index < -0.39 is 0 Å². The van der Waals surface area contributed by atoms with E-state index in [1.54, 1.807) is 9.13 Å². The Balaban J connectivity index is 1.77. The molecule has 1 aliphatic heterocycles. The minimum absolute atomic E-state index is 0.0592. The number of fused-ring (bicyclic) bond motifs is 1. The van der Waals surface area contributed by atoms with Gasteiger partial charge in [-0.15, -0.1) is 0 Å². The van der Waals surface area contributed by atoms with Crippen molar-refractivity contribution in [3.63, 3.8) is 0 Å². The molecule has 2 aromatic rings. The molecule has 0 aliphatic carbocycles. The van der Waals surface area contributed by atoms with Crippen LogP contribution in [-0.2, 0) is 22.6 Å². The number of imidazole rings is 1. The van der Waals surface area contributed by atoms with Gasteiger partial charge >= 0.3 is 5.69 Å². The number of ether oxygens (including phenoxy) is 1. The standard InChI is InChI=1S/C17H23N3O3/c1-2-8-19-14-5-3-4-6-15(14)20(17(19)22)11-16(21)18-10-13-7-9-23-12-13/h3-6,13H,2,7-12H2,1H3,(H,18,21)/t13-/m0/s1. The highest BCUT2D eigenvalue weighted by molar-refractivity contribution is 5.80. The Morgan fingerprint density at radius 1 is 1.30 bits per heavy atom. The maximum atomic E-state index is 12.6. The van der Waals surface area contributed by atoms with E-state index in [0.29, 0.717) is 25.6 Å². The monoisotopic (exact) mass is 317 g/mol. The average molecular weight is 317 g/mol. The molecule has 23 heavy (non-hydrogen) atoms. The normalized spacial score (nSPS) is 17.7. The van der Waals surface area contributed by atoms with Crippen LogP contribution in [0.25, 0.3) is 11.0 Å². The van der Waals surface area contributed by atoms with Crippen molar-refractivity contribution in [3.8, 4) is 0 Å². The van der Waals surface area contributed by atoms with Crippen LogP contribution in [-0.4, -0.2) is 34.8 Å². The summed E-state index contributed by atoms with van der Waals surface area (Å²) in [5.41, 5.74) is 1.58. The second kappa shape index (κ2) is 7.00. The fourth-order valence-electron chi connectivity index (χ4n) is 3.07. The van der Waals surface area contributed by atoms with Gasteiger partial charge in [-0.2, -0.15) is 0 Å². The van der Waals surface area contributed by atoms with Crippen molar-refractivity contribution < 1.29 is 9.53 Å². The van der Waals surface area contributed by atoms with E-state index in [-0.39, 0.29) is 18.1 Å². The predicted octanol–water partition coefficient (Wildman–Crippen LogP) is 1.37. The van der Waals surface area contributed by atoms with Gasteiger partial charge in [0.05, 0.1) is 17.6 Å². The van der Waals surface area contributed by atoms with Crippen LogP contribution < -0.4 is 11.0 Å². The van der Waals surface area contributed by atoms with E-state index in [0.717, 1.165) is 30.5 Å². The lowest BCUT2D eigenvalue weighted by Crippen LogP contribution is -2.35. The van der Waals surface area contributed by atoms with Gasteiger partial charge in [0.2, 0.25) is 5.91 Å². The van der Waals surface area contributed by atoms with Crippen LogP contribution in [0.3, 0.4) is 0 Å². The molecular weight excluding hydrogens is 294 g/mol. The van der Waals surface area contributed by atoms with E-state index in [4.69, 9.17) is 4.74 Å². The van der Waals surface area contributed by atoms with Gasteiger partial charge in [-0.3, -0.25) is 13.9 Å². The lowest BCUT2D eigenvalue weighted by molar-refractivity contribution is -0.121. The summed E-state index contributed by atoms with van der Waals surface area (Å²) in [5.74, 6) is 0.260. The highest BCUT2D eigenvalue weighted by Gasteiger charge is 2.18. The van der Waals surface area contributed by atoms with Gasteiger partial charge in [-0.05, 0) is 25.0 Å². The Kier molecular flexibility index (Phi) is 4.81. The third-order valence-electron chi connectivity index (χ3n) is 4.29. The summed E-state index contributed by atoms with van der Waals surface area (Å²) < 4.78 is 8.61. The SMILES string of the molecule is CCCn1c(=O)n(CC(=O)NC[C@@H]2CCOC2)c2ccccc21. The van der Waals surface area contributed by atoms with Gasteiger partial charge < -0.3 is 10.1 Å². The van der Waals surface area contributed by atoms with Crippen LogP contribution in [0.15, 0.2) is 29.1 Å². The molecule has 1 fully saturated rings. The molecule has 0 saturated carbocycles. The van der Waals surface area contributed by atoms with Gasteiger partial charge in [0.25, 0.3) is 0 Å². The van der Waals surface area contributed by atoms with Gasteiger partial charge in [0.15, 0.2) is 0 Å². The molecule has 0 unspecified atom stereocenters. The third-order valence-corrected chi connectivity index (χ3v) is 4.29. The zero-order chi connectivity index (χ0) is 16.2. The third kappa shape index (κ3) is 3.32. The van der Waals surface area contributed by atoms with Crippen LogP contribution in [0.5, 0.6) is 0 Å². The highest BCUT2D eigenvalue weighted by Crippen LogP contribution is 2.13. The van der Waals surface area contributed by atoms with Crippen LogP contribution >= 0.6 is 0 Å². The van der Waals surface area contributed by atoms with Crippen molar-refractivity contribution in [2.24, 2.45) is 5.92 Å². The van der Waals surface area contributed by atoms with E-state index in [1.165, 1.54) is 0 Å². The fourth-order valence-corrected chi connectivity index (χ4v) is 3.07. The Bertz CT molecular complexity index is 741. The summed E-state index contributed by atoms with van der Waals surface area (Å²) >= 11 is 0. The summed E-state index contributed by atoms with van der Waals surface area (Å²) in [5, 5.41) is 2.92. The Morgan fingerprint density at radius 3 is 2.70 bits per heavy atom. The summed E-state index contributed by atoms with van der Waals surface area (Å²) in [6.07, 6.45) is 1.86. The van der Waals surface area contributed by atoms with Crippen molar-refractivity contribution in [2.75, 3.05) is 19.8 Å². The minimum atomic E-state index is -0.126. The van der Waals surface area contributed by atoms with Gasteiger partial charge in [0, 0.05) is 25.6 Å². The van der Waals surface area contributed by atoms with Crippen molar-refractivity contribution >= 4 is 16.9 Å². The van der Waals surface area contributed by atoms with Crippen molar-refractivity contribution in [1.82, 2.24) is 14.5 Å². The van der Waals surface area contributed by atoms with Crippen molar-refractivity contribution in [1.29, 1.82) is 0 Å². The van der Waals surface area contributed by atoms with Gasteiger partial charge in [-0.1, -0.05) is 19.1 Å². The van der Waals surface area contributed by atoms with Crippen molar-refractivity contribution in [3.05, 3.63) is 34.7 Å². The maximum Gasteiger partial charge on any atom is 0.329 e. The molecule has 0 radical (unpaired) electrons. The molecule has 3 rings (SSSR count). The molecule has 1 amide bonds. The lowest BCUT2D eigenvalue weighted by atomic mass is 10.1. The number of nitrogens with one attached hydrogen (secondary N) is 1. The molecule has 1 aliphatic rings. The molecule has 0 bridgehead atoms. The Hall–Kier alpha value is -2.08. The molecule has 1 aromatic carbocycles. The molecule has 6 heteroatoms. The number of nitrogens with zero attached hydrogens (tertiary/aromatic N) is 2. The number of rotatable bonds is 6. The summed E-state index contributed by atoms with van der Waals surface area (Å²) in [7, 11) is 0. The molecule has 1 saturated heterocycles.